The summed E-state index contributed by atoms with van der Waals surface area (Å²) in [6.07, 6.45) is -3.12. The minimum absolute atomic E-state index is 0.132. The van der Waals surface area contributed by atoms with Crippen LogP contribution in [0.1, 0.15) is 45.4 Å². The minimum Gasteiger partial charge on any atom is -0.481 e. The molecular formula is C20H35N7O10. The van der Waals surface area contributed by atoms with Gasteiger partial charge in [-0.2, -0.15) is 0 Å². The number of carboxylic acid groups (broad SMARTS) is 3. The second kappa shape index (κ2) is 16.6. The van der Waals surface area contributed by atoms with Gasteiger partial charge in [-0.15, -0.1) is 0 Å². The smallest absolute Gasteiger partial charge is 0.326 e. The number of nitrogens with two attached hydrogens (primary N) is 3. The lowest BCUT2D eigenvalue weighted by atomic mass is 10.1. The summed E-state index contributed by atoms with van der Waals surface area (Å²) in [7, 11) is 0. The molecule has 0 aromatic rings. The van der Waals surface area contributed by atoms with Crippen LogP contribution in [-0.4, -0.2) is 98.8 Å². The first-order valence-electron chi connectivity index (χ1n) is 11.2. The van der Waals surface area contributed by atoms with Crippen molar-refractivity contribution in [2.24, 2.45) is 22.2 Å². The summed E-state index contributed by atoms with van der Waals surface area (Å²) < 4.78 is 0. The van der Waals surface area contributed by atoms with Crippen molar-refractivity contribution in [1.29, 1.82) is 0 Å². The number of nitrogens with zero attached hydrogens (tertiary/aromatic N) is 1. The largest absolute Gasteiger partial charge is 0.481 e. The van der Waals surface area contributed by atoms with E-state index in [4.69, 9.17) is 27.4 Å². The van der Waals surface area contributed by atoms with Gasteiger partial charge in [0.25, 0.3) is 0 Å². The molecule has 0 fully saturated rings. The van der Waals surface area contributed by atoms with Crippen LogP contribution in [0.4, 0.5) is 0 Å². The molecule has 0 aromatic heterocycles. The molecule has 13 N–H and O–H groups in total. The number of amides is 3. The molecule has 210 valence electrons. The van der Waals surface area contributed by atoms with E-state index in [0.717, 1.165) is 0 Å². The van der Waals surface area contributed by atoms with Crippen LogP contribution in [0.2, 0.25) is 0 Å². The van der Waals surface area contributed by atoms with Crippen LogP contribution in [0, 0.1) is 0 Å². The van der Waals surface area contributed by atoms with Crippen LogP contribution in [0.15, 0.2) is 4.99 Å². The number of aliphatic carboxylic acids is 3. The molecule has 37 heavy (non-hydrogen) atoms. The molecule has 0 heterocycles. The molecule has 0 bridgehead atoms. The molecule has 0 rings (SSSR count). The van der Waals surface area contributed by atoms with E-state index < -0.39 is 91.6 Å². The van der Waals surface area contributed by atoms with Crippen LogP contribution in [-0.2, 0) is 28.8 Å². The van der Waals surface area contributed by atoms with Crippen LogP contribution in [0.3, 0.4) is 0 Å². The first kappa shape index (κ1) is 33.0. The second-order valence-electron chi connectivity index (χ2n) is 8.11. The quantitative estimate of drug-likeness (QED) is 0.0457. The molecule has 17 heteroatoms. The second-order valence-corrected chi connectivity index (χ2v) is 8.11. The first-order valence-corrected chi connectivity index (χ1v) is 11.2. The van der Waals surface area contributed by atoms with Gasteiger partial charge in [-0.3, -0.25) is 29.0 Å². The average Bonchev–Trinajstić information content (AvgIpc) is 2.78. The normalized spacial score (nSPS) is 14.7. The van der Waals surface area contributed by atoms with Crippen LogP contribution >= 0.6 is 0 Å². The highest BCUT2D eigenvalue weighted by Gasteiger charge is 2.32. The highest BCUT2D eigenvalue weighted by Crippen LogP contribution is 2.05. The summed E-state index contributed by atoms with van der Waals surface area (Å²) in [4.78, 5) is 74.6. The monoisotopic (exact) mass is 533 g/mol. The maximum atomic E-state index is 12.8. The number of aliphatic hydroxyl groups is 1. The highest BCUT2D eigenvalue weighted by molar-refractivity contribution is 5.94. The number of aliphatic imine (C=N–C) groups is 1. The molecule has 5 atom stereocenters. The van der Waals surface area contributed by atoms with Gasteiger partial charge in [0, 0.05) is 19.4 Å². The Kier molecular flexibility index (Phi) is 14.8. The molecule has 0 radical (unpaired) electrons. The molecule has 0 aliphatic rings. The Balaban J connectivity index is 5.41. The number of hydrogen-bond donors (Lipinski definition) is 10. The van der Waals surface area contributed by atoms with Crippen molar-refractivity contribution in [2.45, 2.75) is 75.7 Å². The lowest BCUT2D eigenvalue weighted by Gasteiger charge is -2.26. The summed E-state index contributed by atoms with van der Waals surface area (Å²) in [6, 6.07) is -5.91. The number of carbonyl (C=O) groups is 6. The van der Waals surface area contributed by atoms with Gasteiger partial charge in [0.05, 0.1) is 12.1 Å². The minimum atomic E-state index is -1.63. The Morgan fingerprint density at radius 3 is 1.76 bits per heavy atom. The fourth-order valence-electron chi connectivity index (χ4n) is 2.91. The Morgan fingerprint density at radius 1 is 0.784 bits per heavy atom. The predicted octanol–water partition coefficient (Wildman–Crippen LogP) is -3.98. The number of nitrogens with one attached hydrogen (secondary N) is 3. The van der Waals surface area contributed by atoms with Gasteiger partial charge in [-0.25, -0.2) is 4.79 Å². The molecular weight excluding hydrogens is 498 g/mol. The maximum Gasteiger partial charge on any atom is 0.326 e. The van der Waals surface area contributed by atoms with Crippen LogP contribution in [0.5, 0.6) is 0 Å². The molecule has 0 aliphatic carbocycles. The average molecular weight is 534 g/mol. The molecule has 0 saturated carbocycles. The third-order valence-electron chi connectivity index (χ3n) is 4.91. The van der Waals surface area contributed by atoms with E-state index in [2.05, 4.69) is 20.9 Å². The van der Waals surface area contributed by atoms with Gasteiger partial charge in [0.2, 0.25) is 17.7 Å². The summed E-state index contributed by atoms with van der Waals surface area (Å²) in [5, 5.41) is 43.4. The Hall–Kier alpha value is -3.99. The number of hydrogen-bond acceptors (Lipinski definition) is 9. The Bertz CT molecular complexity index is 860. The molecule has 0 aliphatic heterocycles. The number of carbonyl (C=O) groups excluding carboxylic acids is 3. The number of guanidine groups is 1. The lowest BCUT2D eigenvalue weighted by molar-refractivity contribution is -0.144. The van der Waals surface area contributed by atoms with Crippen LogP contribution < -0.4 is 33.2 Å². The van der Waals surface area contributed by atoms with E-state index in [9.17, 15) is 39.0 Å². The van der Waals surface area contributed by atoms with E-state index in [-0.39, 0.29) is 18.9 Å². The molecule has 17 nitrogen and oxygen atoms in total. The van der Waals surface area contributed by atoms with E-state index >= 15 is 0 Å². The van der Waals surface area contributed by atoms with Gasteiger partial charge in [0.15, 0.2) is 5.96 Å². The highest BCUT2D eigenvalue weighted by atomic mass is 16.4. The number of rotatable bonds is 18. The molecule has 0 saturated heterocycles. The first-order chi connectivity index (χ1) is 17.1. The van der Waals surface area contributed by atoms with Gasteiger partial charge in [-0.05, 0) is 32.6 Å². The zero-order chi connectivity index (χ0) is 28.7. The summed E-state index contributed by atoms with van der Waals surface area (Å²) in [6.45, 7) is 1.38. The van der Waals surface area contributed by atoms with Crippen LogP contribution in [0.25, 0.3) is 0 Å². The van der Waals surface area contributed by atoms with E-state index in [1.54, 1.807) is 0 Å². The summed E-state index contributed by atoms with van der Waals surface area (Å²) in [5.74, 6) is -7.28. The Morgan fingerprint density at radius 2 is 1.30 bits per heavy atom. The predicted molar refractivity (Wildman–Crippen MR) is 127 cm³/mol. The van der Waals surface area contributed by atoms with Crippen molar-refractivity contribution < 1.29 is 49.2 Å². The van der Waals surface area contributed by atoms with E-state index in [1.807, 2.05) is 0 Å². The standard InChI is InChI=1S/C20H35N7O10/c1-9(28)15(27-16(33)10(21)3-2-8-24-20(22)23)18(35)25-11(4-6-13(29)30)17(34)26-12(19(36)37)5-7-14(31)32/h9-12,15,28H,2-8,21H2,1H3,(H,25,35)(H,26,34)(H,27,33)(H,29,30)(H,31,32)(H,36,37)(H4,22,23,24). The molecule has 0 aromatic carbocycles. The number of carboxylic acids is 3. The van der Waals surface area contributed by atoms with Crippen molar-refractivity contribution in [2.75, 3.05) is 6.54 Å². The molecule has 0 spiro atoms. The molecule has 3 amide bonds. The topological polar surface area (TPSA) is 310 Å². The number of aliphatic hydroxyl groups excluding tert-OH is 1. The van der Waals surface area contributed by atoms with Gasteiger partial charge >= 0.3 is 17.9 Å². The lowest BCUT2D eigenvalue weighted by Crippen LogP contribution is -2.59. The van der Waals surface area contributed by atoms with Crippen molar-refractivity contribution in [1.82, 2.24) is 16.0 Å². The SMILES string of the molecule is CC(O)C(NC(=O)C(N)CCCN=C(N)N)C(=O)NC(CCC(=O)O)C(=O)NC(CCC(=O)O)C(=O)O. The third-order valence-corrected chi connectivity index (χ3v) is 4.91. The van der Waals surface area contributed by atoms with E-state index in [0.29, 0.717) is 6.42 Å². The van der Waals surface area contributed by atoms with Crippen molar-refractivity contribution in [3.63, 3.8) is 0 Å². The fourth-order valence-corrected chi connectivity index (χ4v) is 2.91. The van der Waals surface area contributed by atoms with E-state index in [1.165, 1.54) is 6.92 Å². The fraction of sp³-hybridized carbons (Fsp3) is 0.650. The van der Waals surface area contributed by atoms with Gasteiger partial charge < -0.3 is 53.6 Å². The third kappa shape index (κ3) is 14.2. The maximum absolute atomic E-state index is 12.8. The van der Waals surface area contributed by atoms with Crippen molar-refractivity contribution >= 4 is 41.6 Å². The molecule has 5 unspecified atom stereocenters. The van der Waals surface area contributed by atoms with Crippen molar-refractivity contribution in [3.05, 3.63) is 0 Å². The van der Waals surface area contributed by atoms with Crippen molar-refractivity contribution in [3.8, 4) is 0 Å². The van der Waals surface area contributed by atoms with Gasteiger partial charge in [-0.1, -0.05) is 0 Å². The summed E-state index contributed by atoms with van der Waals surface area (Å²) in [5.41, 5.74) is 16.2. The Labute approximate surface area is 211 Å². The zero-order valence-electron chi connectivity index (χ0n) is 20.3. The van der Waals surface area contributed by atoms with Gasteiger partial charge in [0.1, 0.15) is 18.1 Å². The summed E-state index contributed by atoms with van der Waals surface area (Å²) >= 11 is 0. The zero-order valence-corrected chi connectivity index (χ0v) is 20.3.